The molecule has 158 valence electrons. The number of ether oxygens (including phenoxy) is 1. The Bertz CT molecular complexity index is 815. The van der Waals surface area contributed by atoms with Crippen LogP contribution in [-0.4, -0.2) is 61.2 Å². The van der Waals surface area contributed by atoms with Crippen molar-refractivity contribution in [3.8, 4) is 5.75 Å². The molecule has 0 unspecified atom stereocenters. The molecule has 1 aromatic carbocycles. The number of rotatable bonds is 8. The van der Waals surface area contributed by atoms with Crippen molar-refractivity contribution in [2.24, 2.45) is 4.99 Å². The van der Waals surface area contributed by atoms with Crippen LogP contribution in [0.2, 0.25) is 0 Å². The van der Waals surface area contributed by atoms with Crippen molar-refractivity contribution in [1.82, 2.24) is 20.2 Å². The predicted molar refractivity (Wildman–Crippen MR) is 101 cm³/mol. The van der Waals surface area contributed by atoms with Crippen LogP contribution in [0, 0.1) is 5.82 Å². The summed E-state index contributed by atoms with van der Waals surface area (Å²) in [6.07, 6.45) is -3.47. The fourth-order valence-electron chi connectivity index (χ4n) is 2.30. The van der Waals surface area contributed by atoms with E-state index in [4.69, 9.17) is 4.74 Å². The van der Waals surface area contributed by atoms with Gasteiger partial charge in [-0.05, 0) is 18.2 Å². The average Bonchev–Trinajstić information content (AvgIpc) is 2.69. The first kappa shape index (κ1) is 22.2. The quantitative estimate of drug-likeness (QED) is 0.299. The zero-order chi connectivity index (χ0) is 21.3. The first-order valence-corrected chi connectivity index (χ1v) is 8.74. The van der Waals surface area contributed by atoms with E-state index in [-0.39, 0.29) is 24.8 Å². The summed E-state index contributed by atoms with van der Waals surface area (Å²) in [5.41, 5.74) is -1.01. The first-order chi connectivity index (χ1) is 13.8. The Balaban J connectivity index is 1.73. The zero-order valence-corrected chi connectivity index (χ0v) is 16.0. The third-order valence-corrected chi connectivity index (χ3v) is 3.73. The number of hydrogen-bond donors (Lipinski definition) is 2. The molecule has 0 aliphatic heterocycles. The highest BCUT2D eigenvalue weighted by Crippen LogP contribution is 2.27. The van der Waals surface area contributed by atoms with Gasteiger partial charge in [0, 0.05) is 33.4 Å². The van der Waals surface area contributed by atoms with E-state index in [9.17, 15) is 17.6 Å². The molecule has 0 fully saturated rings. The van der Waals surface area contributed by atoms with Gasteiger partial charge < -0.3 is 20.3 Å². The van der Waals surface area contributed by atoms with Crippen LogP contribution in [0.1, 0.15) is 5.69 Å². The fourth-order valence-corrected chi connectivity index (χ4v) is 2.30. The van der Waals surface area contributed by atoms with E-state index >= 15 is 0 Å². The number of benzene rings is 1. The van der Waals surface area contributed by atoms with Gasteiger partial charge in [0.15, 0.2) is 17.5 Å². The molecule has 1 aromatic heterocycles. The maximum atomic E-state index is 13.5. The van der Waals surface area contributed by atoms with E-state index in [1.807, 2.05) is 0 Å². The monoisotopic (exact) mass is 414 g/mol. The Morgan fingerprint density at radius 1 is 1.21 bits per heavy atom. The Morgan fingerprint density at radius 3 is 2.66 bits per heavy atom. The number of alkyl halides is 3. The topological polar surface area (TPSA) is 74.7 Å². The number of anilines is 1. The maximum Gasteiger partial charge on any atom is 0.433 e. The van der Waals surface area contributed by atoms with Gasteiger partial charge in [-0.1, -0.05) is 12.1 Å². The number of nitrogens with one attached hydrogen (secondary N) is 2. The van der Waals surface area contributed by atoms with E-state index in [1.165, 1.54) is 6.07 Å². The zero-order valence-electron chi connectivity index (χ0n) is 16.0. The highest BCUT2D eigenvalue weighted by atomic mass is 19.4. The number of hydrogen-bond acceptors (Lipinski definition) is 5. The normalized spacial score (nSPS) is 11.9. The predicted octanol–water partition coefficient (Wildman–Crippen LogP) is 2.63. The highest BCUT2D eigenvalue weighted by molar-refractivity contribution is 5.79. The molecule has 1 heterocycles. The number of halogens is 4. The molecule has 0 atom stereocenters. The van der Waals surface area contributed by atoms with Crippen LogP contribution >= 0.6 is 0 Å². The van der Waals surface area contributed by atoms with Gasteiger partial charge in [-0.2, -0.15) is 13.2 Å². The highest BCUT2D eigenvalue weighted by Gasteiger charge is 2.32. The van der Waals surface area contributed by atoms with Gasteiger partial charge in [0.05, 0.1) is 6.54 Å². The second-order valence-electron chi connectivity index (χ2n) is 5.86. The number of para-hydroxylation sites is 1. The third kappa shape index (κ3) is 7.09. The molecule has 2 N–H and O–H groups in total. The van der Waals surface area contributed by atoms with Crippen molar-refractivity contribution < 1.29 is 22.3 Å². The molecule has 11 heteroatoms. The summed E-state index contributed by atoms with van der Waals surface area (Å²) in [5, 5.41) is 5.77. The molecule has 0 spiro atoms. The second-order valence-corrected chi connectivity index (χ2v) is 5.86. The van der Waals surface area contributed by atoms with Crippen molar-refractivity contribution in [2.75, 3.05) is 45.7 Å². The number of nitrogens with zero attached hydrogens (tertiary/aromatic N) is 4. The summed E-state index contributed by atoms with van der Waals surface area (Å²) < 4.78 is 56.9. The van der Waals surface area contributed by atoms with Gasteiger partial charge >= 0.3 is 6.18 Å². The molecular weight excluding hydrogens is 392 g/mol. The van der Waals surface area contributed by atoms with Crippen molar-refractivity contribution in [1.29, 1.82) is 0 Å². The van der Waals surface area contributed by atoms with Crippen molar-refractivity contribution >= 4 is 11.9 Å². The summed E-state index contributed by atoms with van der Waals surface area (Å²) in [6, 6.07) is 6.94. The summed E-state index contributed by atoms with van der Waals surface area (Å²) in [7, 11) is 3.38. The van der Waals surface area contributed by atoms with E-state index in [2.05, 4.69) is 25.6 Å². The van der Waals surface area contributed by atoms with Crippen LogP contribution in [0.3, 0.4) is 0 Å². The molecule has 0 radical (unpaired) electrons. The van der Waals surface area contributed by atoms with Crippen LogP contribution < -0.4 is 15.4 Å². The summed E-state index contributed by atoms with van der Waals surface area (Å²) in [5.74, 6) is 0.187. The molecular formula is C18H22F4N6O. The van der Waals surface area contributed by atoms with Crippen molar-refractivity contribution in [3.05, 3.63) is 48.0 Å². The molecule has 0 saturated heterocycles. The summed E-state index contributed by atoms with van der Waals surface area (Å²) in [4.78, 5) is 13.1. The van der Waals surface area contributed by atoms with Crippen LogP contribution in [0.4, 0.5) is 23.5 Å². The van der Waals surface area contributed by atoms with Crippen LogP contribution in [0.5, 0.6) is 5.75 Å². The van der Waals surface area contributed by atoms with Crippen molar-refractivity contribution in [3.63, 3.8) is 0 Å². The second kappa shape index (κ2) is 10.4. The first-order valence-electron chi connectivity index (χ1n) is 8.74. The lowest BCUT2D eigenvalue weighted by Gasteiger charge is -2.22. The van der Waals surface area contributed by atoms with Gasteiger partial charge in [-0.3, -0.25) is 4.99 Å². The molecule has 29 heavy (non-hydrogen) atoms. The molecule has 0 bridgehead atoms. The average molecular weight is 414 g/mol. The van der Waals surface area contributed by atoms with Gasteiger partial charge in [-0.25, -0.2) is 14.4 Å². The smallest absolute Gasteiger partial charge is 0.433 e. The van der Waals surface area contributed by atoms with Crippen LogP contribution in [-0.2, 0) is 6.18 Å². The van der Waals surface area contributed by atoms with E-state index in [1.54, 1.807) is 37.2 Å². The Kier molecular flexibility index (Phi) is 7.98. The minimum Gasteiger partial charge on any atom is -0.489 e. The van der Waals surface area contributed by atoms with E-state index in [0.717, 1.165) is 12.3 Å². The lowest BCUT2D eigenvalue weighted by atomic mass is 10.3. The van der Waals surface area contributed by atoms with Crippen LogP contribution in [0.25, 0.3) is 0 Å². The van der Waals surface area contributed by atoms with Gasteiger partial charge in [0.25, 0.3) is 0 Å². The summed E-state index contributed by atoms with van der Waals surface area (Å²) >= 11 is 0. The minimum atomic E-state index is -4.52. The Hall–Kier alpha value is -3.11. The summed E-state index contributed by atoms with van der Waals surface area (Å²) in [6.45, 7) is 1.33. The van der Waals surface area contributed by atoms with Crippen molar-refractivity contribution in [2.45, 2.75) is 6.18 Å². The molecule has 0 aliphatic carbocycles. The standard InChI is InChI=1S/C18H22F4N6O/c1-23-17(28(2)11-12-29-14-6-4-3-5-13(14)19)26-10-9-25-16-24-8-7-15(27-16)18(20,21)22/h3-8H,9-12H2,1-2H3,(H,23,26)(H,24,25,27). The maximum absolute atomic E-state index is 13.5. The minimum absolute atomic E-state index is 0.108. The molecule has 0 aliphatic rings. The van der Waals surface area contributed by atoms with E-state index < -0.39 is 17.7 Å². The molecule has 0 amide bonds. The van der Waals surface area contributed by atoms with E-state index in [0.29, 0.717) is 19.0 Å². The molecule has 2 aromatic rings. The molecule has 0 saturated carbocycles. The molecule has 7 nitrogen and oxygen atoms in total. The van der Waals surface area contributed by atoms with Gasteiger partial charge in [0.2, 0.25) is 5.95 Å². The number of likely N-dealkylation sites (N-methyl/N-ethyl adjacent to an activating group) is 1. The lowest BCUT2D eigenvalue weighted by Crippen LogP contribution is -2.42. The Labute approximate surface area is 165 Å². The number of aromatic nitrogens is 2. The third-order valence-electron chi connectivity index (χ3n) is 3.73. The van der Waals surface area contributed by atoms with Gasteiger partial charge in [0.1, 0.15) is 12.3 Å². The van der Waals surface area contributed by atoms with Gasteiger partial charge in [-0.15, -0.1) is 0 Å². The fraction of sp³-hybridized carbons (Fsp3) is 0.389. The number of aliphatic imine (C=N–C) groups is 1. The molecule has 2 rings (SSSR count). The number of guanidine groups is 1. The Morgan fingerprint density at radius 2 is 1.97 bits per heavy atom. The lowest BCUT2D eigenvalue weighted by molar-refractivity contribution is -0.141. The van der Waals surface area contributed by atoms with Crippen LogP contribution in [0.15, 0.2) is 41.5 Å². The largest absolute Gasteiger partial charge is 0.489 e. The SMILES string of the molecule is CN=C(NCCNc1nccc(C(F)(F)F)n1)N(C)CCOc1ccccc1F.